The minimum Gasteiger partial charge on any atom is -0.370 e. The first kappa shape index (κ1) is 15.5. The molecule has 1 aromatic carbocycles. The van der Waals surface area contributed by atoms with Crippen molar-refractivity contribution >= 4 is 17.5 Å². The lowest BCUT2D eigenvalue weighted by atomic mass is 10.2. The van der Waals surface area contributed by atoms with Gasteiger partial charge < -0.3 is 15.8 Å². The normalized spacial score (nSPS) is 10.1. The first-order chi connectivity index (χ1) is 9.41. The van der Waals surface area contributed by atoms with E-state index >= 15 is 0 Å². The Hall–Kier alpha value is -2.55. The zero-order valence-electron chi connectivity index (χ0n) is 10.3. The summed E-state index contributed by atoms with van der Waals surface area (Å²) in [7, 11) is 0. The Balaban J connectivity index is 2.53. The first-order valence-corrected chi connectivity index (χ1v) is 5.50. The summed E-state index contributed by atoms with van der Waals surface area (Å²) in [6, 6.07) is 2.81. The highest BCUT2D eigenvalue weighted by Crippen LogP contribution is 2.18. The molecule has 0 unspecified atom stereocenters. The molecule has 0 spiro atoms. The van der Waals surface area contributed by atoms with Crippen molar-refractivity contribution in [2.75, 3.05) is 19.8 Å². The number of carbonyl (C=O) groups is 2. The molecule has 0 heterocycles. The van der Waals surface area contributed by atoms with Gasteiger partial charge in [-0.1, -0.05) is 0 Å². The molecule has 0 fully saturated rings. The van der Waals surface area contributed by atoms with Crippen LogP contribution >= 0.6 is 0 Å². The highest BCUT2D eigenvalue weighted by Gasteiger charge is 2.17. The van der Waals surface area contributed by atoms with Crippen molar-refractivity contribution in [3.05, 3.63) is 39.7 Å². The van der Waals surface area contributed by atoms with E-state index in [2.05, 4.69) is 5.32 Å². The van der Waals surface area contributed by atoms with Gasteiger partial charge in [0, 0.05) is 18.2 Å². The zero-order valence-corrected chi connectivity index (χ0v) is 10.3. The zero-order chi connectivity index (χ0) is 15.1. The summed E-state index contributed by atoms with van der Waals surface area (Å²) in [6.07, 6.45) is 0. The van der Waals surface area contributed by atoms with Gasteiger partial charge in [0.2, 0.25) is 11.7 Å². The van der Waals surface area contributed by atoms with Crippen molar-refractivity contribution < 1.29 is 23.6 Å². The number of benzene rings is 1. The second-order valence-corrected chi connectivity index (χ2v) is 3.70. The van der Waals surface area contributed by atoms with E-state index in [0.717, 1.165) is 18.2 Å². The number of amides is 2. The van der Waals surface area contributed by atoms with Gasteiger partial charge in [-0.25, -0.2) is 0 Å². The molecule has 1 aromatic rings. The highest BCUT2D eigenvalue weighted by atomic mass is 19.1. The number of hydrogen-bond donors (Lipinski definition) is 2. The van der Waals surface area contributed by atoms with Crippen LogP contribution in [0.3, 0.4) is 0 Å². The lowest BCUT2D eigenvalue weighted by molar-refractivity contribution is -0.387. The number of nitrogens with zero attached hydrogens (tertiary/aromatic N) is 1. The van der Waals surface area contributed by atoms with Crippen LogP contribution in [-0.4, -0.2) is 36.5 Å². The number of nitrogens with one attached hydrogen (secondary N) is 1. The molecule has 3 N–H and O–H groups in total. The molecule has 0 aliphatic heterocycles. The van der Waals surface area contributed by atoms with E-state index in [1.54, 1.807) is 0 Å². The van der Waals surface area contributed by atoms with Gasteiger partial charge in [0.25, 0.3) is 5.91 Å². The molecule has 0 aliphatic rings. The summed E-state index contributed by atoms with van der Waals surface area (Å²) in [4.78, 5) is 31.6. The van der Waals surface area contributed by atoms with Crippen molar-refractivity contribution in [3.8, 4) is 0 Å². The van der Waals surface area contributed by atoms with Crippen molar-refractivity contribution in [2.45, 2.75) is 0 Å². The minimum absolute atomic E-state index is 0.0481. The molecule has 20 heavy (non-hydrogen) atoms. The molecule has 2 amide bonds. The van der Waals surface area contributed by atoms with E-state index in [1.807, 2.05) is 0 Å². The van der Waals surface area contributed by atoms with Gasteiger partial charge >= 0.3 is 5.69 Å². The van der Waals surface area contributed by atoms with Crippen LogP contribution < -0.4 is 11.1 Å². The quantitative estimate of drug-likeness (QED) is 0.413. The van der Waals surface area contributed by atoms with Gasteiger partial charge in [-0.15, -0.1) is 0 Å². The van der Waals surface area contributed by atoms with E-state index in [-0.39, 0.29) is 25.3 Å². The third-order valence-electron chi connectivity index (χ3n) is 2.18. The fourth-order valence-electron chi connectivity index (χ4n) is 1.31. The molecule has 9 heteroatoms. The molecule has 0 aromatic heterocycles. The van der Waals surface area contributed by atoms with Crippen molar-refractivity contribution in [1.29, 1.82) is 0 Å². The SMILES string of the molecule is NC(=O)COCCNC(=O)c1ccc(F)c([N+](=O)[O-])c1. The molecule has 0 saturated heterocycles. The number of nitro groups is 1. The van der Waals surface area contributed by atoms with Gasteiger partial charge in [0.15, 0.2) is 0 Å². The number of carbonyl (C=O) groups excluding carboxylic acids is 2. The van der Waals surface area contributed by atoms with Crippen molar-refractivity contribution in [2.24, 2.45) is 5.73 Å². The van der Waals surface area contributed by atoms with E-state index in [9.17, 15) is 24.1 Å². The van der Waals surface area contributed by atoms with E-state index < -0.39 is 28.2 Å². The second kappa shape index (κ2) is 7.14. The Kier molecular flexibility index (Phi) is 5.54. The van der Waals surface area contributed by atoms with Gasteiger partial charge in [-0.05, 0) is 12.1 Å². The van der Waals surface area contributed by atoms with Crippen LogP contribution in [0.15, 0.2) is 18.2 Å². The van der Waals surface area contributed by atoms with Gasteiger partial charge in [-0.2, -0.15) is 4.39 Å². The molecule has 0 bridgehead atoms. The van der Waals surface area contributed by atoms with Crippen LogP contribution in [0.4, 0.5) is 10.1 Å². The van der Waals surface area contributed by atoms with Crippen LogP contribution in [-0.2, 0) is 9.53 Å². The number of nitrogens with two attached hydrogens (primary N) is 1. The average Bonchev–Trinajstić information content (AvgIpc) is 2.37. The number of hydrogen-bond acceptors (Lipinski definition) is 5. The van der Waals surface area contributed by atoms with Crippen LogP contribution in [0.1, 0.15) is 10.4 Å². The standard InChI is InChI=1S/C11H12FN3O5/c12-8-2-1-7(5-9(8)15(18)19)11(17)14-3-4-20-6-10(13)16/h1-2,5H,3-4,6H2,(H2,13,16)(H,14,17). The Bertz CT molecular complexity index is 535. The van der Waals surface area contributed by atoms with Crippen molar-refractivity contribution in [1.82, 2.24) is 5.32 Å². The predicted octanol–water partition coefficient (Wildman–Crippen LogP) is -0.0344. The van der Waals surface area contributed by atoms with Gasteiger partial charge in [-0.3, -0.25) is 19.7 Å². The molecule has 1 rings (SSSR count). The number of rotatable bonds is 7. The summed E-state index contributed by atoms with van der Waals surface area (Å²) in [5.74, 6) is -2.27. The molecule has 0 atom stereocenters. The third kappa shape index (κ3) is 4.61. The number of ether oxygens (including phenoxy) is 1. The van der Waals surface area contributed by atoms with Gasteiger partial charge in [0.1, 0.15) is 6.61 Å². The molecule has 108 valence electrons. The summed E-state index contributed by atoms with van der Waals surface area (Å²) in [5, 5.41) is 12.9. The lowest BCUT2D eigenvalue weighted by Gasteiger charge is -2.05. The molecular formula is C11H12FN3O5. The Morgan fingerprint density at radius 2 is 2.15 bits per heavy atom. The largest absolute Gasteiger partial charge is 0.370 e. The topological polar surface area (TPSA) is 125 Å². The minimum atomic E-state index is -1.02. The lowest BCUT2D eigenvalue weighted by Crippen LogP contribution is -2.28. The summed E-state index contributed by atoms with van der Waals surface area (Å²) >= 11 is 0. The summed E-state index contributed by atoms with van der Waals surface area (Å²) in [5.41, 5.74) is 4.01. The second-order valence-electron chi connectivity index (χ2n) is 3.70. The maximum atomic E-state index is 13.1. The van der Waals surface area contributed by atoms with Crippen LogP contribution in [0, 0.1) is 15.9 Å². The summed E-state index contributed by atoms with van der Waals surface area (Å²) in [6.45, 7) is -0.132. The molecule has 0 aliphatic carbocycles. The fourth-order valence-corrected chi connectivity index (χ4v) is 1.31. The Morgan fingerprint density at radius 3 is 2.75 bits per heavy atom. The smallest absolute Gasteiger partial charge is 0.305 e. The molecule has 0 saturated carbocycles. The predicted molar refractivity (Wildman–Crippen MR) is 65.4 cm³/mol. The Morgan fingerprint density at radius 1 is 1.45 bits per heavy atom. The monoisotopic (exact) mass is 285 g/mol. The van der Waals surface area contributed by atoms with Crippen LogP contribution in [0.5, 0.6) is 0 Å². The summed E-state index contributed by atoms with van der Waals surface area (Å²) < 4.78 is 17.9. The fraction of sp³-hybridized carbons (Fsp3) is 0.273. The van der Waals surface area contributed by atoms with E-state index in [0.29, 0.717) is 0 Å². The Labute approximate surface area is 112 Å². The van der Waals surface area contributed by atoms with Crippen molar-refractivity contribution in [3.63, 3.8) is 0 Å². The van der Waals surface area contributed by atoms with Crippen LogP contribution in [0.25, 0.3) is 0 Å². The maximum absolute atomic E-state index is 13.1. The molecule has 8 nitrogen and oxygen atoms in total. The van der Waals surface area contributed by atoms with Crippen LogP contribution in [0.2, 0.25) is 0 Å². The number of primary amides is 1. The van der Waals surface area contributed by atoms with E-state index in [4.69, 9.17) is 10.5 Å². The van der Waals surface area contributed by atoms with Gasteiger partial charge in [0.05, 0.1) is 11.5 Å². The molecule has 0 radical (unpaired) electrons. The average molecular weight is 285 g/mol. The molecular weight excluding hydrogens is 273 g/mol. The first-order valence-electron chi connectivity index (χ1n) is 5.50. The number of nitro benzene ring substituents is 1. The highest BCUT2D eigenvalue weighted by molar-refractivity contribution is 5.94. The third-order valence-corrected chi connectivity index (χ3v) is 2.18. The van der Waals surface area contributed by atoms with E-state index in [1.165, 1.54) is 0 Å². The maximum Gasteiger partial charge on any atom is 0.305 e. The number of halogens is 1.